The van der Waals surface area contributed by atoms with Gasteiger partial charge in [-0.05, 0) is 44.5 Å². The predicted octanol–water partition coefficient (Wildman–Crippen LogP) is 2.40. The third kappa shape index (κ3) is 3.76. The largest absolute Gasteiger partial charge is 0.462 e. The Balaban J connectivity index is 2.20. The molecule has 0 unspecified atom stereocenters. The Bertz CT molecular complexity index is 839. The third-order valence-electron chi connectivity index (χ3n) is 3.52. The van der Waals surface area contributed by atoms with Gasteiger partial charge in [-0.25, -0.2) is 13.2 Å². The minimum atomic E-state index is -3.75. The molecule has 7 nitrogen and oxygen atoms in total. The first kappa shape index (κ1) is 18.0. The van der Waals surface area contributed by atoms with Gasteiger partial charge >= 0.3 is 5.97 Å². The molecule has 0 amide bonds. The van der Waals surface area contributed by atoms with Crippen molar-refractivity contribution in [2.45, 2.75) is 32.1 Å². The summed E-state index contributed by atoms with van der Waals surface area (Å²) in [6.07, 6.45) is 0.743. The zero-order chi connectivity index (χ0) is 17.9. The molecule has 2 aromatic rings. The highest BCUT2D eigenvalue weighted by Gasteiger charge is 2.23. The van der Waals surface area contributed by atoms with Crippen molar-refractivity contribution in [2.24, 2.45) is 7.05 Å². The van der Waals surface area contributed by atoms with E-state index in [9.17, 15) is 13.2 Å². The zero-order valence-electron chi connectivity index (χ0n) is 14.2. The van der Waals surface area contributed by atoms with Crippen molar-refractivity contribution in [3.8, 4) is 0 Å². The number of aromatic nitrogens is 2. The summed E-state index contributed by atoms with van der Waals surface area (Å²) in [6, 6.07) is 6.11. The van der Waals surface area contributed by atoms with Gasteiger partial charge in [0.05, 0.1) is 23.6 Å². The fraction of sp³-hybridized carbons (Fsp3) is 0.375. The molecule has 0 spiro atoms. The standard InChI is InChI=1S/C16H21N3O4S/c1-5-10-23-16(20)13-6-8-14(9-7-13)18-24(21,22)15-11(2)17-19(4)12(15)3/h6-9,18H,5,10H2,1-4H3. The number of hydrogen-bond acceptors (Lipinski definition) is 5. The average molecular weight is 351 g/mol. The Morgan fingerprint density at radius 2 is 1.88 bits per heavy atom. The number of nitrogens with one attached hydrogen (secondary N) is 1. The second-order valence-corrected chi connectivity index (χ2v) is 7.06. The van der Waals surface area contributed by atoms with Gasteiger partial charge in [-0.3, -0.25) is 9.40 Å². The van der Waals surface area contributed by atoms with Crippen LogP contribution < -0.4 is 4.72 Å². The lowest BCUT2D eigenvalue weighted by atomic mass is 10.2. The maximum Gasteiger partial charge on any atom is 0.338 e. The lowest BCUT2D eigenvalue weighted by Gasteiger charge is -2.09. The maximum atomic E-state index is 12.6. The van der Waals surface area contributed by atoms with Crippen LogP contribution in [0.1, 0.15) is 35.1 Å². The van der Waals surface area contributed by atoms with E-state index in [2.05, 4.69) is 9.82 Å². The Morgan fingerprint density at radius 3 is 2.38 bits per heavy atom. The van der Waals surface area contributed by atoms with Crippen LogP contribution in [0, 0.1) is 13.8 Å². The second-order valence-electron chi connectivity index (χ2n) is 5.44. The van der Waals surface area contributed by atoms with E-state index in [1.54, 1.807) is 20.9 Å². The van der Waals surface area contributed by atoms with Crippen molar-refractivity contribution >= 4 is 21.7 Å². The van der Waals surface area contributed by atoms with E-state index in [1.165, 1.54) is 28.9 Å². The molecule has 8 heteroatoms. The van der Waals surface area contributed by atoms with Crippen LogP contribution in [0.25, 0.3) is 0 Å². The number of ether oxygens (including phenoxy) is 1. The molecule has 1 heterocycles. The second kappa shape index (κ2) is 7.04. The topological polar surface area (TPSA) is 90.3 Å². The molecule has 24 heavy (non-hydrogen) atoms. The molecule has 0 bridgehead atoms. The third-order valence-corrected chi connectivity index (χ3v) is 5.15. The fourth-order valence-electron chi connectivity index (χ4n) is 2.30. The predicted molar refractivity (Wildman–Crippen MR) is 90.5 cm³/mol. The lowest BCUT2D eigenvalue weighted by Crippen LogP contribution is -2.15. The zero-order valence-corrected chi connectivity index (χ0v) is 15.0. The molecule has 0 saturated heterocycles. The van der Waals surface area contributed by atoms with Gasteiger partial charge in [0, 0.05) is 12.7 Å². The van der Waals surface area contributed by atoms with Crippen LogP contribution in [0.5, 0.6) is 0 Å². The number of anilines is 1. The van der Waals surface area contributed by atoms with E-state index in [-0.39, 0.29) is 4.90 Å². The van der Waals surface area contributed by atoms with Crippen LogP contribution in [-0.2, 0) is 21.8 Å². The minimum absolute atomic E-state index is 0.163. The van der Waals surface area contributed by atoms with Crippen molar-refractivity contribution in [1.29, 1.82) is 0 Å². The van der Waals surface area contributed by atoms with Crippen molar-refractivity contribution < 1.29 is 17.9 Å². The molecular weight excluding hydrogens is 330 g/mol. The number of carbonyl (C=O) groups is 1. The molecule has 1 aromatic heterocycles. The van der Waals surface area contributed by atoms with Crippen LogP contribution in [0.4, 0.5) is 5.69 Å². The van der Waals surface area contributed by atoms with Crippen molar-refractivity contribution in [3.05, 3.63) is 41.2 Å². The molecule has 130 valence electrons. The van der Waals surface area contributed by atoms with Gasteiger partial charge in [0.1, 0.15) is 4.90 Å². The van der Waals surface area contributed by atoms with E-state index in [0.717, 1.165) is 6.42 Å². The van der Waals surface area contributed by atoms with Crippen LogP contribution in [0.2, 0.25) is 0 Å². The van der Waals surface area contributed by atoms with Gasteiger partial charge in [-0.1, -0.05) is 6.92 Å². The highest BCUT2D eigenvalue weighted by Crippen LogP contribution is 2.22. The Hall–Kier alpha value is -2.35. The van der Waals surface area contributed by atoms with Crippen molar-refractivity contribution in [1.82, 2.24) is 9.78 Å². The molecule has 0 atom stereocenters. The number of aryl methyl sites for hydroxylation is 2. The first-order chi connectivity index (χ1) is 11.3. The normalized spacial score (nSPS) is 11.3. The highest BCUT2D eigenvalue weighted by molar-refractivity contribution is 7.92. The van der Waals surface area contributed by atoms with Crippen molar-refractivity contribution in [3.63, 3.8) is 0 Å². The Morgan fingerprint density at radius 1 is 1.25 bits per heavy atom. The van der Waals surface area contributed by atoms with E-state index >= 15 is 0 Å². The quantitative estimate of drug-likeness (QED) is 0.807. The molecule has 0 aliphatic carbocycles. The van der Waals surface area contributed by atoms with Gasteiger partial charge in [-0.15, -0.1) is 0 Å². The van der Waals surface area contributed by atoms with Crippen LogP contribution in [0.15, 0.2) is 29.2 Å². The Kier molecular flexibility index (Phi) is 5.28. The Labute approximate surface area is 141 Å². The highest BCUT2D eigenvalue weighted by atomic mass is 32.2. The van der Waals surface area contributed by atoms with Gasteiger partial charge in [-0.2, -0.15) is 5.10 Å². The summed E-state index contributed by atoms with van der Waals surface area (Å²) in [5, 5.41) is 4.12. The SMILES string of the molecule is CCCOC(=O)c1ccc(NS(=O)(=O)c2c(C)nn(C)c2C)cc1. The molecule has 0 radical (unpaired) electrons. The molecule has 0 aliphatic rings. The van der Waals surface area contributed by atoms with Gasteiger partial charge in [0.25, 0.3) is 10.0 Å². The van der Waals surface area contributed by atoms with E-state index in [4.69, 9.17) is 4.74 Å². The summed E-state index contributed by atoms with van der Waals surface area (Å²) in [6.45, 7) is 5.61. The smallest absolute Gasteiger partial charge is 0.338 e. The number of esters is 1. The molecule has 0 saturated carbocycles. The summed E-state index contributed by atoms with van der Waals surface area (Å²) >= 11 is 0. The number of hydrogen-bond donors (Lipinski definition) is 1. The molecular formula is C16H21N3O4S. The molecule has 0 fully saturated rings. The van der Waals surface area contributed by atoms with E-state index < -0.39 is 16.0 Å². The number of nitrogens with zero attached hydrogens (tertiary/aromatic N) is 2. The molecule has 1 N–H and O–H groups in total. The van der Waals surface area contributed by atoms with Gasteiger partial charge in [0.2, 0.25) is 0 Å². The summed E-state index contributed by atoms with van der Waals surface area (Å²) in [7, 11) is -2.06. The molecule has 2 rings (SSSR count). The summed E-state index contributed by atoms with van der Waals surface area (Å²) in [4.78, 5) is 11.9. The van der Waals surface area contributed by atoms with E-state index in [0.29, 0.717) is 29.2 Å². The molecule has 0 aliphatic heterocycles. The number of carbonyl (C=O) groups excluding carboxylic acids is 1. The summed E-state index contributed by atoms with van der Waals surface area (Å²) in [5.41, 5.74) is 1.73. The first-order valence-electron chi connectivity index (χ1n) is 7.56. The van der Waals surface area contributed by atoms with Gasteiger partial charge < -0.3 is 4.74 Å². The van der Waals surface area contributed by atoms with Crippen molar-refractivity contribution in [2.75, 3.05) is 11.3 Å². The summed E-state index contributed by atoms with van der Waals surface area (Å²) in [5.74, 6) is -0.426. The number of rotatable bonds is 6. The molecule has 1 aromatic carbocycles. The van der Waals surface area contributed by atoms with Crippen LogP contribution >= 0.6 is 0 Å². The van der Waals surface area contributed by atoms with Crippen LogP contribution in [-0.4, -0.2) is 30.8 Å². The fourth-order valence-corrected chi connectivity index (χ4v) is 3.80. The maximum absolute atomic E-state index is 12.6. The van der Waals surface area contributed by atoms with Crippen LogP contribution in [0.3, 0.4) is 0 Å². The minimum Gasteiger partial charge on any atom is -0.462 e. The summed E-state index contributed by atoms with van der Waals surface area (Å²) < 4.78 is 34.2. The monoisotopic (exact) mass is 351 g/mol. The average Bonchev–Trinajstić information content (AvgIpc) is 2.78. The number of sulfonamides is 1. The van der Waals surface area contributed by atoms with E-state index in [1.807, 2.05) is 6.92 Å². The van der Waals surface area contributed by atoms with Gasteiger partial charge in [0.15, 0.2) is 0 Å². The first-order valence-corrected chi connectivity index (χ1v) is 9.04. The number of benzene rings is 1. The lowest BCUT2D eigenvalue weighted by molar-refractivity contribution is 0.0505.